The first-order valence-corrected chi connectivity index (χ1v) is 5.89. The lowest BCUT2D eigenvalue weighted by Crippen LogP contribution is -2.30. The maximum absolute atomic E-state index is 13.3. The van der Waals surface area contributed by atoms with E-state index in [-0.39, 0.29) is 5.82 Å². The second-order valence-corrected chi connectivity index (χ2v) is 4.68. The van der Waals surface area contributed by atoms with E-state index in [2.05, 4.69) is 16.5 Å². The van der Waals surface area contributed by atoms with E-state index in [0.29, 0.717) is 6.54 Å². The molecule has 0 amide bonds. The van der Waals surface area contributed by atoms with Crippen LogP contribution in [0, 0.1) is 5.82 Å². The van der Waals surface area contributed by atoms with Crippen molar-refractivity contribution in [2.24, 2.45) is 5.73 Å². The first kappa shape index (κ1) is 10.7. The number of fused-ring (bicyclic) bond motifs is 3. The third-order valence-corrected chi connectivity index (χ3v) is 3.58. The molecule has 0 saturated carbocycles. The minimum absolute atomic E-state index is 0.191. The van der Waals surface area contributed by atoms with Gasteiger partial charge >= 0.3 is 0 Å². The highest BCUT2D eigenvalue weighted by Gasteiger charge is 2.21. The van der Waals surface area contributed by atoms with Crippen LogP contribution in [0.4, 0.5) is 4.39 Å². The van der Waals surface area contributed by atoms with Crippen LogP contribution in [0.2, 0.25) is 0 Å². The molecule has 3 nitrogen and oxygen atoms in total. The SMILES string of the molecule is CN1CCn2c(c(CN)c3cc(F)ccc32)C1. The highest BCUT2D eigenvalue weighted by atomic mass is 19.1. The molecule has 1 aliphatic heterocycles. The molecular weight excluding hydrogens is 217 g/mol. The van der Waals surface area contributed by atoms with Crippen molar-refractivity contribution in [2.45, 2.75) is 19.6 Å². The molecule has 1 aromatic carbocycles. The third kappa shape index (κ3) is 1.56. The van der Waals surface area contributed by atoms with Crippen LogP contribution in [0.3, 0.4) is 0 Å². The first-order valence-electron chi connectivity index (χ1n) is 5.89. The van der Waals surface area contributed by atoms with Crippen LogP contribution in [-0.2, 0) is 19.6 Å². The van der Waals surface area contributed by atoms with Crippen LogP contribution in [0.25, 0.3) is 10.9 Å². The van der Waals surface area contributed by atoms with Crippen LogP contribution >= 0.6 is 0 Å². The van der Waals surface area contributed by atoms with Gasteiger partial charge in [-0.1, -0.05) is 0 Å². The number of hydrogen-bond donors (Lipinski definition) is 1. The average Bonchev–Trinajstić information content (AvgIpc) is 2.60. The lowest BCUT2D eigenvalue weighted by atomic mass is 10.1. The summed E-state index contributed by atoms with van der Waals surface area (Å²) in [6.07, 6.45) is 0. The van der Waals surface area contributed by atoms with E-state index >= 15 is 0 Å². The monoisotopic (exact) mass is 233 g/mol. The Morgan fingerprint density at radius 1 is 1.35 bits per heavy atom. The molecule has 1 aromatic heterocycles. The summed E-state index contributed by atoms with van der Waals surface area (Å²) in [5.74, 6) is -0.191. The largest absolute Gasteiger partial charge is 0.342 e. The van der Waals surface area contributed by atoms with Gasteiger partial charge in [0.25, 0.3) is 0 Å². The van der Waals surface area contributed by atoms with Crippen molar-refractivity contribution in [3.05, 3.63) is 35.3 Å². The van der Waals surface area contributed by atoms with Gasteiger partial charge in [-0.2, -0.15) is 0 Å². The Morgan fingerprint density at radius 2 is 2.18 bits per heavy atom. The molecule has 1 aliphatic rings. The van der Waals surface area contributed by atoms with Gasteiger partial charge in [0.15, 0.2) is 0 Å². The van der Waals surface area contributed by atoms with Gasteiger partial charge in [0.2, 0.25) is 0 Å². The fraction of sp³-hybridized carbons (Fsp3) is 0.385. The van der Waals surface area contributed by atoms with Crippen LogP contribution in [0.15, 0.2) is 18.2 Å². The highest BCUT2D eigenvalue weighted by Crippen LogP contribution is 2.29. The zero-order valence-corrected chi connectivity index (χ0v) is 9.91. The Labute approximate surface area is 99.6 Å². The lowest BCUT2D eigenvalue weighted by molar-refractivity contribution is 0.271. The second-order valence-electron chi connectivity index (χ2n) is 4.68. The Hall–Kier alpha value is -1.39. The Kier molecular flexibility index (Phi) is 2.42. The number of halogens is 1. The van der Waals surface area contributed by atoms with Crippen molar-refractivity contribution in [1.82, 2.24) is 9.47 Å². The molecule has 0 bridgehead atoms. The van der Waals surface area contributed by atoms with Crippen molar-refractivity contribution in [2.75, 3.05) is 13.6 Å². The fourth-order valence-corrected chi connectivity index (χ4v) is 2.72. The van der Waals surface area contributed by atoms with Gasteiger partial charge in [0.05, 0.1) is 0 Å². The number of benzene rings is 1. The van der Waals surface area contributed by atoms with E-state index in [4.69, 9.17) is 5.73 Å². The Balaban J connectivity index is 2.31. The Bertz CT molecular complexity index is 574. The lowest BCUT2D eigenvalue weighted by Gasteiger charge is -2.26. The van der Waals surface area contributed by atoms with E-state index in [1.807, 2.05) is 6.07 Å². The number of hydrogen-bond acceptors (Lipinski definition) is 2. The molecule has 0 atom stereocenters. The predicted molar refractivity (Wildman–Crippen MR) is 66.1 cm³/mol. The van der Waals surface area contributed by atoms with Crippen molar-refractivity contribution in [3.63, 3.8) is 0 Å². The number of nitrogens with zero attached hydrogens (tertiary/aromatic N) is 2. The minimum Gasteiger partial charge on any atom is -0.342 e. The molecule has 0 aliphatic carbocycles. The maximum Gasteiger partial charge on any atom is 0.123 e. The molecule has 90 valence electrons. The zero-order valence-electron chi connectivity index (χ0n) is 9.91. The molecule has 2 heterocycles. The van der Waals surface area contributed by atoms with Crippen molar-refractivity contribution in [1.29, 1.82) is 0 Å². The van der Waals surface area contributed by atoms with Gasteiger partial charge in [0.1, 0.15) is 5.82 Å². The normalized spacial score (nSPS) is 16.4. The predicted octanol–water partition coefficient (Wildman–Crippen LogP) is 1.68. The van der Waals surface area contributed by atoms with Crippen molar-refractivity contribution in [3.8, 4) is 0 Å². The van der Waals surface area contributed by atoms with Crippen LogP contribution in [0.1, 0.15) is 11.3 Å². The van der Waals surface area contributed by atoms with E-state index < -0.39 is 0 Å². The molecule has 0 radical (unpaired) electrons. The molecule has 0 saturated heterocycles. The third-order valence-electron chi connectivity index (χ3n) is 3.58. The van der Waals surface area contributed by atoms with Gasteiger partial charge in [-0.25, -0.2) is 4.39 Å². The van der Waals surface area contributed by atoms with Crippen LogP contribution in [-0.4, -0.2) is 23.1 Å². The average molecular weight is 233 g/mol. The highest BCUT2D eigenvalue weighted by molar-refractivity contribution is 5.85. The smallest absolute Gasteiger partial charge is 0.123 e. The van der Waals surface area contributed by atoms with Crippen molar-refractivity contribution < 1.29 is 4.39 Å². The van der Waals surface area contributed by atoms with Gasteiger partial charge in [-0.05, 0) is 30.8 Å². The summed E-state index contributed by atoms with van der Waals surface area (Å²) in [5.41, 5.74) is 9.26. The van der Waals surface area contributed by atoms with Crippen LogP contribution in [0.5, 0.6) is 0 Å². The molecule has 2 aromatic rings. The summed E-state index contributed by atoms with van der Waals surface area (Å²) in [5, 5.41) is 0.970. The van der Waals surface area contributed by atoms with E-state index in [9.17, 15) is 4.39 Å². The quantitative estimate of drug-likeness (QED) is 0.813. The number of aromatic nitrogens is 1. The molecule has 2 N–H and O–H groups in total. The number of rotatable bonds is 1. The second kappa shape index (κ2) is 3.82. The molecule has 0 fully saturated rings. The maximum atomic E-state index is 13.3. The van der Waals surface area contributed by atoms with Gasteiger partial charge in [-0.3, -0.25) is 4.90 Å². The summed E-state index contributed by atoms with van der Waals surface area (Å²) in [6.45, 7) is 3.34. The van der Waals surface area contributed by atoms with Gasteiger partial charge in [0, 0.05) is 42.8 Å². The molecular formula is C13H16FN3. The van der Waals surface area contributed by atoms with E-state index in [0.717, 1.165) is 36.1 Å². The van der Waals surface area contributed by atoms with Crippen molar-refractivity contribution >= 4 is 10.9 Å². The van der Waals surface area contributed by atoms with E-state index in [1.165, 1.54) is 11.8 Å². The molecule has 3 rings (SSSR count). The standard InChI is InChI=1S/C13H16FN3/c1-16-4-5-17-12-3-2-9(14)6-10(12)11(7-15)13(17)8-16/h2-3,6H,4-5,7-8,15H2,1H3. The number of nitrogens with two attached hydrogens (primary N) is 1. The molecule has 0 unspecified atom stereocenters. The van der Waals surface area contributed by atoms with Gasteiger partial charge < -0.3 is 10.3 Å². The molecule has 4 heteroatoms. The first-order chi connectivity index (χ1) is 8.20. The van der Waals surface area contributed by atoms with Gasteiger partial charge in [-0.15, -0.1) is 0 Å². The fourth-order valence-electron chi connectivity index (χ4n) is 2.72. The summed E-state index contributed by atoms with van der Waals surface area (Å²) >= 11 is 0. The summed E-state index contributed by atoms with van der Waals surface area (Å²) in [4.78, 5) is 2.27. The number of likely N-dealkylation sites (N-methyl/N-ethyl adjacent to an activating group) is 1. The minimum atomic E-state index is -0.191. The Morgan fingerprint density at radius 3 is 2.94 bits per heavy atom. The van der Waals surface area contributed by atoms with Crippen LogP contribution < -0.4 is 5.73 Å². The summed E-state index contributed by atoms with van der Waals surface area (Å²) in [7, 11) is 2.10. The zero-order chi connectivity index (χ0) is 12.0. The molecule has 17 heavy (non-hydrogen) atoms. The van der Waals surface area contributed by atoms with E-state index in [1.54, 1.807) is 6.07 Å². The summed E-state index contributed by atoms with van der Waals surface area (Å²) < 4.78 is 15.6. The topological polar surface area (TPSA) is 34.2 Å². The summed E-state index contributed by atoms with van der Waals surface area (Å²) in [6, 6.07) is 4.98. The molecule has 0 spiro atoms.